The molecule has 0 unspecified atom stereocenters. The van der Waals surface area contributed by atoms with Crippen LogP contribution in [0.5, 0.6) is 0 Å². The number of amides is 1. The number of rotatable bonds is 5. The molecule has 32 heavy (non-hydrogen) atoms. The Morgan fingerprint density at radius 2 is 1.53 bits per heavy atom. The number of aryl methyl sites for hydroxylation is 2. The Morgan fingerprint density at radius 3 is 2.16 bits per heavy atom. The van der Waals surface area contributed by atoms with E-state index in [4.69, 9.17) is 0 Å². The number of hydrogen-bond acceptors (Lipinski definition) is 6. The van der Waals surface area contributed by atoms with Crippen molar-refractivity contribution in [3.63, 3.8) is 0 Å². The molecule has 4 rings (SSSR count). The van der Waals surface area contributed by atoms with E-state index in [-0.39, 0.29) is 23.0 Å². The first-order valence-corrected chi connectivity index (χ1v) is 12.8. The SMILES string of the molecule is Cn1c(=O)c(=O)n(C)c2cc(S(=O)(=O)CCC(=O)N3CCN(C4CCCC4)CC3)ccc21. The van der Waals surface area contributed by atoms with Gasteiger partial charge in [-0.3, -0.25) is 19.3 Å². The molecule has 1 saturated heterocycles. The van der Waals surface area contributed by atoms with E-state index in [0.29, 0.717) is 30.2 Å². The van der Waals surface area contributed by atoms with Crippen LogP contribution < -0.4 is 11.1 Å². The topological polar surface area (TPSA) is 102 Å². The molecular weight excluding hydrogens is 432 g/mol. The van der Waals surface area contributed by atoms with Crippen molar-refractivity contribution < 1.29 is 13.2 Å². The third kappa shape index (κ3) is 4.25. The molecule has 2 aromatic rings. The minimum atomic E-state index is -3.72. The smallest absolute Gasteiger partial charge is 0.316 e. The fourth-order valence-electron chi connectivity index (χ4n) is 4.86. The Balaban J connectivity index is 1.43. The second kappa shape index (κ2) is 8.82. The van der Waals surface area contributed by atoms with Gasteiger partial charge >= 0.3 is 11.1 Å². The molecule has 2 aliphatic rings. The van der Waals surface area contributed by atoms with Gasteiger partial charge < -0.3 is 14.0 Å². The Kier molecular flexibility index (Phi) is 6.26. The lowest BCUT2D eigenvalue weighted by molar-refractivity contribution is -0.132. The van der Waals surface area contributed by atoms with Gasteiger partial charge in [0.05, 0.1) is 21.7 Å². The molecule has 0 atom stereocenters. The van der Waals surface area contributed by atoms with Gasteiger partial charge in [0.15, 0.2) is 9.84 Å². The summed E-state index contributed by atoms with van der Waals surface area (Å²) in [6.07, 6.45) is 4.95. The average molecular weight is 463 g/mol. The summed E-state index contributed by atoms with van der Waals surface area (Å²) in [5, 5.41) is 0. The molecule has 1 amide bonds. The molecule has 1 aromatic carbocycles. The zero-order chi connectivity index (χ0) is 23.0. The molecule has 1 aliphatic heterocycles. The van der Waals surface area contributed by atoms with E-state index < -0.39 is 21.0 Å². The quantitative estimate of drug-likeness (QED) is 0.600. The van der Waals surface area contributed by atoms with E-state index in [0.717, 1.165) is 17.7 Å². The fourth-order valence-corrected chi connectivity index (χ4v) is 6.10. The number of hydrogen-bond donors (Lipinski definition) is 0. The van der Waals surface area contributed by atoms with E-state index in [9.17, 15) is 22.8 Å². The molecule has 1 saturated carbocycles. The molecule has 0 bridgehead atoms. The van der Waals surface area contributed by atoms with Gasteiger partial charge in [0.1, 0.15) is 0 Å². The van der Waals surface area contributed by atoms with Crippen LogP contribution in [0.3, 0.4) is 0 Å². The molecule has 10 heteroatoms. The minimum absolute atomic E-state index is 0.0394. The van der Waals surface area contributed by atoms with Crippen LogP contribution in [0.2, 0.25) is 0 Å². The highest BCUT2D eigenvalue weighted by Gasteiger charge is 2.28. The van der Waals surface area contributed by atoms with E-state index in [1.807, 2.05) is 0 Å². The number of carbonyl (C=O) groups excluding carboxylic acids is 1. The van der Waals surface area contributed by atoms with Crippen LogP contribution in [-0.4, -0.2) is 71.2 Å². The average Bonchev–Trinajstić information content (AvgIpc) is 3.34. The predicted octanol–water partition coefficient (Wildman–Crippen LogP) is 0.488. The van der Waals surface area contributed by atoms with Crippen molar-refractivity contribution in [1.82, 2.24) is 18.9 Å². The maximum absolute atomic E-state index is 12.9. The number of aromatic nitrogens is 2. The molecule has 0 N–H and O–H groups in total. The fraction of sp³-hybridized carbons (Fsp3) is 0.591. The van der Waals surface area contributed by atoms with E-state index in [1.54, 1.807) is 4.90 Å². The van der Waals surface area contributed by atoms with E-state index in [2.05, 4.69) is 4.90 Å². The van der Waals surface area contributed by atoms with Gasteiger partial charge in [-0.1, -0.05) is 12.8 Å². The van der Waals surface area contributed by atoms with Gasteiger partial charge in [0.2, 0.25) is 5.91 Å². The summed E-state index contributed by atoms with van der Waals surface area (Å²) >= 11 is 0. The minimum Gasteiger partial charge on any atom is -0.340 e. The van der Waals surface area contributed by atoms with E-state index >= 15 is 0 Å². The second-order valence-corrected chi connectivity index (χ2v) is 10.9. The van der Waals surface area contributed by atoms with Gasteiger partial charge in [-0.2, -0.15) is 0 Å². The summed E-state index contributed by atoms with van der Waals surface area (Å²) in [5.41, 5.74) is -0.574. The highest BCUT2D eigenvalue weighted by atomic mass is 32.2. The number of piperazine rings is 1. The van der Waals surface area contributed by atoms with Crippen molar-refractivity contribution in [3.05, 3.63) is 38.9 Å². The second-order valence-electron chi connectivity index (χ2n) is 8.80. The summed E-state index contributed by atoms with van der Waals surface area (Å²) in [5.74, 6) is -0.435. The van der Waals surface area contributed by atoms with Gasteiger partial charge in [-0.15, -0.1) is 0 Å². The van der Waals surface area contributed by atoms with Crippen LogP contribution in [0.4, 0.5) is 0 Å². The first-order valence-electron chi connectivity index (χ1n) is 11.1. The number of carbonyl (C=O) groups is 1. The Labute approximate surface area is 187 Å². The lowest BCUT2D eigenvalue weighted by Gasteiger charge is -2.38. The van der Waals surface area contributed by atoms with Crippen molar-refractivity contribution in [2.24, 2.45) is 14.1 Å². The number of nitrogens with zero attached hydrogens (tertiary/aromatic N) is 4. The van der Waals surface area contributed by atoms with Crippen molar-refractivity contribution in [1.29, 1.82) is 0 Å². The maximum Gasteiger partial charge on any atom is 0.316 e. The van der Waals surface area contributed by atoms with Crippen molar-refractivity contribution in [2.45, 2.75) is 43.0 Å². The third-order valence-electron chi connectivity index (χ3n) is 6.91. The molecule has 0 spiro atoms. The van der Waals surface area contributed by atoms with Crippen molar-refractivity contribution >= 4 is 26.8 Å². The maximum atomic E-state index is 12.9. The molecule has 1 aromatic heterocycles. The summed E-state index contributed by atoms with van der Waals surface area (Å²) in [6, 6.07) is 4.98. The first kappa shape index (κ1) is 22.7. The van der Waals surface area contributed by atoms with Crippen LogP contribution in [0.15, 0.2) is 32.7 Å². The van der Waals surface area contributed by atoms with Crippen LogP contribution in [0.25, 0.3) is 11.0 Å². The van der Waals surface area contributed by atoms with Crippen LogP contribution in [0, 0.1) is 0 Å². The van der Waals surface area contributed by atoms with Gasteiger partial charge in [-0.25, -0.2) is 8.42 Å². The largest absolute Gasteiger partial charge is 0.340 e. The predicted molar refractivity (Wildman–Crippen MR) is 122 cm³/mol. The summed E-state index contributed by atoms with van der Waals surface area (Å²) < 4.78 is 28.2. The van der Waals surface area contributed by atoms with Crippen LogP contribution in [-0.2, 0) is 28.7 Å². The Hall–Kier alpha value is -2.46. The number of benzene rings is 1. The highest BCUT2D eigenvalue weighted by molar-refractivity contribution is 7.91. The van der Waals surface area contributed by atoms with Gasteiger partial charge in [-0.05, 0) is 31.0 Å². The van der Waals surface area contributed by atoms with Crippen molar-refractivity contribution in [2.75, 3.05) is 31.9 Å². The number of fused-ring (bicyclic) bond motifs is 1. The van der Waals surface area contributed by atoms with Crippen molar-refractivity contribution in [3.8, 4) is 0 Å². The normalized spacial score (nSPS) is 18.5. The molecular formula is C22H30N4O5S. The van der Waals surface area contributed by atoms with E-state index in [1.165, 1.54) is 62.5 Å². The first-order chi connectivity index (χ1) is 15.2. The van der Waals surface area contributed by atoms with Gasteiger partial charge in [0, 0.05) is 52.7 Å². The number of sulfone groups is 1. The Bertz CT molecular complexity index is 1250. The summed E-state index contributed by atoms with van der Waals surface area (Å²) in [6.45, 7) is 2.98. The van der Waals surface area contributed by atoms with Gasteiger partial charge in [0.25, 0.3) is 0 Å². The molecule has 2 heterocycles. The molecule has 1 aliphatic carbocycles. The zero-order valence-corrected chi connectivity index (χ0v) is 19.4. The zero-order valence-electron chi connectivity index (χ0n) is 18.6. The standard InChI is InChI=1S/C22H30N4O5S/c1-23-18-8-7-17(15-19(18)24(2)22(29)21(23)28)32(30,31)14-9-20(27)26-12-10-25(11-13-26)16-5-3-4-6-16/h7-8,15-16H,3-6,9-14H2,1-2H3. The third-order valence-corrected chi connectivity index (χ3v) is 8.63. The molecule has 2 fully saturated rings. The Morgan fingerprint density at radius 1 is 0.938 bits per heavy atom. The van der Waals surface area contributed by atoms with Crippen LogP contribution in [0.1, 0.15) is 32.1 Å². The molecule has 0 radical (unpaired) electrons. The van der Waals surface area contributed by atoms with Crippen LogP contribution >= 0.6 is 0 Å². The summed E-state index contributed by atoms with van der Waals surface area (Å²) in [4.78, 5) is 41.0. The summed E-state index contributed by atoms with van der Waals surface area (Å²) in [7, 11) is -0.803. The monoisotopic (exact) mass is 462 g/mol. The molecule has 174 valence electrons. The lowest BCUT2D eigenvalue weighted by atomic mass is 10.2. The lowest BCUT2D eigenvalue weighted by Crippen LogP contribution is -2.51. The highest BCUT2D eigenvalue weighted by Crippen LogP contribution is 2.24. The molecule has 9 nitrogen and oxygen atoms in total.